The van der Waals surface area contributed by atoms with Gasteiger partial charge < -0.3 is 66.2 Å². The number of hydrogen-bond donors (Lipinski definition) is 12. The third-order valence-electron chi connectivity index (χ3n) is 11.2. The zero-order valence-corrected chi connectivity index (χ0v) is 38.0. The van der Waals surface area contributed by atoms with E-state index in [0.29, 0.717) is 49.7 Å². The van der Waals surface area contributed by atoms with E-state index in [1.54, 1.807) is 0 Å². The average molecular weight is 950 g/mol. The number of ketones is 2. The highest BCUT2D eigenvalue weighted by atomic mass is 16.5. The highest BCUT2D eigenvalue weighted by Crippen LogP contribution is 2.19. The molecule has 23 heteroatoms. The third-order valence-corrected chi connectivity index (χ3v) is 11.2. The van der Waals surface area contributed by atoms with Crippen LogP contribution in [0.25, 0.3) is 0 Å². The summed E-state index contributed by atoms with van der Waals surface area (Å²) in [5, 5.41) is 86.0. The maximum atomic E-state index is 13.4. The van der Waals surface area contributed by atoms with E-state index < -0.39 is 52.1 Å². The first-order chi connectivity index (χ1) is 33.0. The normalized spacial score (nSPS) is 11.7. The first-order valence-corrected chi connectivity index (χ1v) is 22.6. The van der Waals surface area contributed by atoms with E-state index in [9.17, 15) is 69.0 Å². The first-order valence-electron chi connectivity index (χ1n) is 22.6. The molecule has 0 aromatic heterocycles. The quantitative estimate of drug-likeness (QED) is 0.0140. The van der Waals surface area contributed by atoms with Crippen LogP contribution in [0.3, 0.4) is 0 Å². The fourth-order valence-corrected chi connectivity index (χ4v) is 7.15. The molecule has 0 aliphatic heterocycles. The average Bonchev–Trinajstić information content (AvgIpc) is 3.34. The van der Waals surface area contributed by atoms with Gasteiger partial charge in [-0.3, -0.25) is 28.8 Å². The van der Waals surface area contributed by atoms with Gasteiger partial charge in [0.25, 0.3) is 11.8 Å². The lowest BCUT2D eigenvalue weighted by Crippen LogP contribution is -2.36. The Morgan fingerprint density at radius 3 is 0.971 bits per heavy atom. The molecule has 4 aromatic rings. The fourth-order valence-electron chi connectivity index (χ4n) is 7.15. The number of nitrogens with one attached hydrogen (secondary N) is 4. The summed E-state index contributed by atoms with van der Waals surface area (Å²) in [7, 11) is -6.73. The minimum absolute atomic E-state index is 0.0667. The van der Waals surface area contributed by atoms with Gasteiger partial charge in [0, 0.05) is 73.1 Å². The molecule has 4 rings (SSSR count). The van der Waals surface area contributed by atoms with Crippen molar-refractivity contribution in [1.29, 1.82) is 0 Å². The molecule has 0 fully saturated rings. The van der Waals surface area contributed by atoms with E-state index >= 15 is 0 Å². The number of benzene rings is 4. The lowest BCUT2D eigenvalue weighted by molar-refractivity contribution is -0.125. The number of unbranched alkanes of at least 4 members (excludes halogenated alkanes) is 2. The van der Waals surface area contributed by atoms with Crippen molar-refractivity contribution in [2.75, 3.05) is 39.4 Å². The lowest BCUT2D eigenvalue weighted by Gasteiger charge is -2.18. The Hall–Kier alpha value is -6.00. The molecule has 0 saturated heterocycles. The molecule has 2 unspecified atom stereocenters. The maximum Gasteiger partial charge on any atom is 0.488 e. The second-order valence-electron chi connectivity index (χ2n) is 16.3. The van der Waals surface area contributed by atoms with Crippen LogP contribution in [0.15, 0.2) is 97.1 Å². The number of rotatable bonds is 30. The van der Waals surface area contributed by atoms with E-state index in [1.807, 2.05) is 0 Å². The summed E-state index contributed by atoms with van der Waals surface area (Å²) < 4.78 is 5.66. The van der Waals surface area contributed by atoms with Gasteiger partial charge in [-0.05, 0) is 71.8 Å². The minimum atomic E-state index is -1.71. The Morgan fingerprint density at radius 2 is 0.681 bits per heavy atom. The lowest BCUT2D eigenvalue weighted by atomic mass is 9.79. The van der Waals surface area contributed by atoms with Crippen LogP contribution in [0.2, 0.25) is 0 Å². The molecule has 69 heavy (non-hydrogen) atoms. The van der Waals surface area contributed by atoms with Crippen LogP contribution in [-0.4, -0.2) is 143 Å². The van der Waals surface area contributed by atoms with Gasteiger partial charge in [-0.2, -0.15) is 0 Å². The molecule has 4 aromatic carbocycles. The third kappa shape index (κ3) is 19.1. The van der Waals surface area contributed by atoms with Gasteiger partial charge in [-0.25, -0.2) is 0 Å². The van der Waals surface area contributed by atoms with Crippen molar-refractivity contribution in [3.8, 4) is 0 Å². The standard InChI is InChI=1S/C46H58B4N4O15/c55-41(31-7-15-37(16-8-31)47(61)62)29-35(5-1-3-23-51-43(57)33-11-19-39(20-12-33)49(65)66)45(59)53-25-27-69-28-26-54-46(60)36(30-42(56)32-9-17-38(18-10-32)48(63)64)6-2-4-24-52-44(58)34-13-21-40(22-14-34)50(67)68/h7-22,35-36,61-68H,1-6,23-30H2,(H,51,57)(H,52,58)(H,53,59)(H,54,60). The number of Topliss-reactive ketones (excluding diaryl/α,β-unsaturated/α-hetero) is 2. The van der Waals surface area contributed by atoms with Crippen molar-refractivity contribution in [3.63, 3.8) is 0 Å². The molecule has 0 radical (unpaired) electrons. The van der Waals surface area contributed by atoms with E-state index in [-0.39, 0.29) is 109 Å². The Bertz CT molecular complexity index is 2110. The van der Waals surface area contributed by atoms with E-state index in [1.165, 1.54) is 97.1 Å². The van der Waals surface area contributed by atoms with E-state index in [4.69, 9.17) is 4.74 Å². The molecule has 0 heterocycles. The molecular formula is C46H58B4N4O15. The summed E-state index contributed by atoms with van der Waals surface area (Å²) in [6, 6.07) is 23.0. The van der Waals surface area contributed by atoms with Crippen LogP contribution >= 0.6 is 0 Å². The second kappa shape index (κ2) is 29.1. The molecule has 0 saturated carbocycles. The van der Waals surface area contributed by atoms with Crippen LogP contribution in [0, 0.1) is 11.8 Å². The van der Waals surface area contributed by atoms with Crippen LogP contribution in [-0.2, 0) is 14.3 Å². The Kier molecular flexibility index (Phi) is 23.5. The monoisotopic (exact) mass is 950 g/mol. The molecule has 0 aliphatic rings. The van der Waals surface area contributed by atoms with Crippen molar-refractivity contribution < 1.29 is 73.7 Å². The van der Waals surface area contributed by atoms with Crippen LogP contribution in [0.1, 0.15) is 92.8 Å². The van der Waals surface area contributed by atoms with E-state index in [2.05, 4.69) is 21.3 Å². The molecular weight excluding hydrogens is 892 g/mol. The number of amides is 4. The summed E-state index contributed by atoms with van der Waals surface area (Å²) in [5.41, 5.74) is 2.11. The summed E-state index contributed by atoms with van der Waals surface area (Å²) in [6.45, 7) is 0.855. The maximum absolute atomic E-state index is 13.4. The molecule has 2 atom stereocenters. The van der Waals surface area contributed by atoms with Crippen molar-refractivity contribution in [2.24, 2.45) is 11.8 Å². The summed E-state index contributed by atoms with van der Waals surface area (Å²) in [6.07, 6.45) is 2.26. The van der Waals surface area contributed by atoms with E-state index in [0.717, 1.165) is 0 Å². The van der Waals surface area contributed by atoms with Gasteiger partial charge in [-0.1, -0.05) is 85.6 Å². The topological polar surface area (TPSA) is 322 Å². The molecule has 19 nitrogen and oxygen atoms in total. The number of carbonyl (C=O) groups is 6. The first kappa shape index (κ1) is 55.6. The number of hydrogen-bond acceptors (Lipinski definition) is 15. The summed E-state index contributed by atoms with van der Waals surface area (Å²) >= 11 is 0. The van der Waals surface area contributed by atoms with Crippen LogP contribution < -0.4 is 43.1 Å². The molecule has 4 amide bonds. The highest BCUT2D eigenvalue weighted by Gasteiger charge is 2.25. The van der Waals surface area contributed by atoms with Crippen LogP contribution in [0.4, 0.5) is 0 Å². The highest BCUT2D eigenvalue weighted by molar-refractivity contribution is 6.59. The Morgan fingerprint density at radius 1 is 0.391 bits per heavy atom. The minimum Gasteiger partial charge on any atom is -0.423 e. The molecule has 0 spiro atoms. The largest absolute Gasteiger partial charge is 0.488 e. The number of ether oxygens (including phenoxy) is 1. The summed E-state index contributed by atoms with van der Waals surface area (Å²) in [5.74, 6) is -3.68. The predicted molar refractivity (Wildman–Crippen MR) is 259 cm³/mol. The Balaban J connectivity index is 1.24. The second-order valence-corrected chi connectivity index (χ2v) is 16.3. The Labute approximate surface area is 401 Å². The number of carbonyl (C=O) groups excluding carboxylic acids is 6. The van der Waals surface area contributed by atoms with Crippen molar-refractivity contribution in [1.82, 2.24) is 21.3 Å². The molecule has 364 valence electrons. The summed E-state index contributed by atoms with van der Waals surface area (Å²) in [4.78, 5) is 78.4. The van der Waals surface area contributed by atoms with Gasteiger partial charge in [0.05, 0.1) is 13.2 Å². The zero-order valence-electron chi connectivity index (χ0n) is 38.0. The van der Waals surface area contributed by atoms with Crippen molar-refractivity contribution in [2.45, 2.75) is 51.4 Å². The van der Waals surface area contributed by atoms with Gasteiger partial charge in [0.1, 0.15) is 0 Å². The zero-order chi connectivity index (χ0) is 50.3. The van der Waals surface area contributed by atoms with Crippen LogP contribution in [0.5, 0.6) is 0 Å². The molecule has 12 N–H and O–H groups in total. The SMILES string of the molecule is O=C(CC(CCCCNC(=O)c1ccc(B(O)O)cc1)C(=O)NCCOCCNC(=O)C(CCCCNC(=O)c1ccc(B(O)O)cc1)CC(=O)c1ccc(B(O)O)cc1)c1ccc(B(O)O)cc1. The molecule has 0 aliphatic carbocycles. The van der Waals surface area contributed by atoms with Crippen molar-refractivity contribution in [3.05, 3.63) is 119 Å². The van der Waals surface area contributed by atoms with Gasteiger partial charge in [-0.15, -0.1) is 0 Å². The van der Waals surface area contributed by atoms with Crippen molar-refractivity contribution >= 4 is 85.5 Å². The predicted octanol–water partition coefficient (Wildman–Crippen LogP) is -3.07. The molecule has 0 bridgehead atoms. The fraction of sp³-hybridized carbons (Fsp3) is 0.348. The van der Waals surface area contributed by atoms with Gasteiger partial charge >= 0.3 is 28.5 Å². The smallest absolute Gasteiger partial charge is 0.423 e. The van der Waals surface area contributed by atoms with Gasteiger partial charge in [0.2, 0.25) is 11.8 Å². The van der Waals surface area contributed by atoms with Gasteiger partial charge in [0.15, 0.2) is 11.6 Å².